The van der Waals surface area contributed by atoms with Crippen molar-refractivity contribution in [1.82, 2.24) is 19.9 Å². The average Bonchev–Trinajstić information content (AvgIpc) is 2.42. The third-order valence-electron chi connectivity index (χ3n) is 3.74. The number of nitrogens with zero attached hydrogens (tertiary/aromatic N) is 2. The number of nitrogens with one attached hydrogen (secondary N) is 2. The van der Waals surface area contributed by atoms with Crippen molar-refractivity contribution in [2.24, 2.45) is 0 Å². The van der Waals surface area contributed by atoms with E-state index in [4.69, 9.17) is 12.2 Å². The molecule has 0 bridgehead atoms. The highest BCUT2D eigenvalue weighted by atomic mass is 32.1. The fourth-order valence-corrected chi connectivity index (χ4v) is 2.83. The predicted octanol–water partition coefficient (Wildman–Crippen LogP) is 1.83. The minimum absolute atomic E-state index is 0.132. The molecule has 1 aliphatic rings. The van der Waals surface area contributed by atoms with Crippen molar-refractivity contribution >= 4 is 12.2 Å². The SMILES string of the molecule is Cc1nc(F)ccc1CN1CCc2[nH]c(=S)[nH]c(=O)c2C1. The monoisotopic (exact) mass is 306 g/mol. The number of hydrogen-bond acceptors (Lipinski definition) is 4. The molecule has 0 atom stereocenters. The van der Waals surface area contributed by atoms with Gasteiger partial charge in [-0.15, -0.1) is 0 Å². The summed E-state index contributed by atoms with van der Waals surface area (Å²) < 4.78 is 13.4. The van der Waals surface area contributed by atoms with E-state index in [0.29, 0.717) is 23.6 Å². The lowest BCUT2D eigenvalue weighted by molar-refractivity contribution is 0.240. The average molecular weight is 306 g/mol. The molecule has 0 saturated heterocycles. The molecule has 5 nitrogen and oxygen atoms in total. The summed E-state index contributed by atoms with van der Waals surface area (Å²) >= 11 is 4.98. The Bertz CT molecular complexity index is 798. The molecule has 0 spiro atoms. The van der Waals surface area contributed by atoms with E-state index in [2.05, 4.69) is 19.9 Å². The van der Waals surface area contributed by atoms with Gasteiger partial charge >= 0.3 is 0 Å². The summed E-state index contributed by atoms with van der Waals surface area (Å²) in [6.45, 7) is 3.81. The van der Waals surface area contributed by atoms with Gasteiger partial charge in [-0.1, -0.05) is 6.07 Å². The summed E-state index contributed by atoms with van der Waals surface area (Å²) in [7, 11) is 0. The van der Waals surface area contributed by atoms with Crippen LogP contribution in [-0.4, -0.2) is 26.4 Å². The van der Waals surface area contributed by atoms with Crippen LogP contribution in [0.3, 0.4) is 0 Å². The van der Waals surface area contributed by atoms with E-state index in [0.717, 1.165) is 29.8 Å². The molecule has 0 saturated carbocycles. The molecule has 2 aromatic rings. The van der Waals surface area contributed by atoms with Gasteiger partial charge in [-0.05, 0) is 30.8 Å². The van der Waals surface area contributed by atoms with Crippen LogP contribution in [-0.2, 0) is 19.5 Å². The van der Waals surface area contributed by atoms with E-state index >= 15 is 0 Å². The van der Waals surface area contributed by atoms with E-state index in [9.17, 15) is 9.18 Å². The summed E-state index contributed by atoms with van der Waals surface area (Å²) in [5.41, 5.74) is 3.16. The molecule has 0 aromatic carbocycles. The Morgan fingerprint density at radius 2 is 2.24 bits per heavy atom. The number of hydrogen-bond donors (Lipinski definition) is 2. The molecule has 1 aliphatic heterocycles. The lowest BCUT2D eigenvalue weighted by Crippen LogP contribution is -2.35. The van der Waals surface area contributed by atoms with E-state index in [-0.39, 0.29) is 5.56 Å². The Balaban J connectivity index is 1.83. The summed E-state index contributed by atoms with van der Waals surface area (Å²) in [4.78, 5) is 23.6. The first-order valence-electron chi connectivity index (χ1n) is 6.71. The minimum atomic E-state index is -0.468. The zero-order valence-corrected chi connectivity index (χ0v) is 12.4. The smallest absolute Gasteiger partial charge is 0.256 e. The topological polar surface area (TPSA) is 64.8 Å². The Labute approximate surface area is 125 Å². The first kappa shape index (κ1) is 14.1. The van der Waals surface area contributed by atoms with Crippen LogP contribution in [0.1, 0.15) is 22.5 Å². The largest absolute Gasteiger partial charge is 0.335 e. The fraction of sp³-hybridized carbons (Fsp3) is 0.357. The fourth-order valence-electron chi connectivity index (χ4n) is 2.61. The van der Waals surface area contributed by atoms with E-state index in [1.807, 2.05) is 0 Å². The van der Waals surface area contributed by atoms with Crippen molar-refractivity contribution in [3.63, 3.8) is 0 Å². The second-order valence-corrected chi connectivity index (χ2v) is 5.61. The van der Waals surface area contributed by atoms with Crippen LogP contribution in [0.15, 0.2) is 16.9 Å². The first-order valence-corrected chi connectivity index (χ1v) is 7.12. The molecule has 2 aromatic heterocycles. The number of fused-ring (bicyclic) bond motifs is 1. The summed E-state index contributed by atoms with van der Waals surface area (Å²) in [6, 6.07) is 3.11. The van der Waals surface area contributed by atoms with E-state index < -0.39 is 5.95 Å². The zero-order chi connectivity index (χ0) is 15.0. The zero-order valence-electron chi connectivity index (χ0n) is 11.6. The second-order valence-electron chi connectivity index (χ2n) is 5.20. The lowest BCUT2D eigenvalue weighted by Gasteiger charge is -2.28. The molecule has 3 rings (SSSR count). The van der Waals surface area contributed by atoms with Crippen molar-refractivity contribution in [2.45, 2.75) is 26.4 Å². The van der Waals surface area contributed by atoms with Crippen LogP contribution in [0.2, 0.25) is 0 Å². The highest BCUT2D eigenvalue weighted by Crippen LogP contribution is 2.17. The van der Waals surface area contributed by atoms with Crippen molar-refractivity contribution in [1.29, 1.82) is 0 Å². The summed E-state index contributed by atoms with van der Waals surface area (Å²) in [5, 5.41) is 0. The van der Waals surface area contributed by atoms with Crippen LogP contribution < -0.4 is 5.56 Å². The first-order chi connectivity index (χ1) is 10.0. The summed E-state index contributed by atoms with van der Waals surface area (Å²) in [6.07, 6.45) is 0.747. The summed E-state index contributed by atoms with van der Waals surface area (Å²) in [5.74, 6) is -0.468. The number of aromatic amines is 2. The van der Waals surface area contributed by atoms with Gasteiger partial charge in [0.2, 0.25) is 5.95 Å². The van der Waals surface area contributed by atoms with Gasteiger partial charge in [-0.2, -0.15) is 4.39 Å². The Morgan fingerprint density at radius 1 is 1.43 bits per heavy atom. The Morgan fingerprint density at radius 3 is 3.00 bits per heavy atom. The molecule has 0 aliphatic carbocycles. The van der Waals surface area contributed by atoms with Gasteiger partial charge in [0.1, 0.15) is 0 Å². The maximum atomic E-state index is 13.0. The highest BCUT2D eigenvalue weighted by Gasteiger charge is 2.20. The van der Waals surface area contributed by atoms with Crippen molar-refractivity contribution in [3.05, 3.63) is 55.7 Å². The molecule has 0 radical (unpaired) electrons. The van der Waals surface area contributed by atoms with Gasteiger partial charge in [0, 0.05) is 37.4 Å². The number of H-pyrrole nitrogens is 2. The molecule has 110 valence electrons. The van der Waals surface area contributed by atoms with Crippen LogP contribution >= 0.6 is 12.2 Å². The molecule has 7 heteroatoms. The van der Waals surface area contributed by atoms with Gasteiger partial charge in [-0.25, -0.2) is 4.98 Å². The number of pyridine rings is 1. The Kier molecular flexibility index (Phi) is 3.69. The maximum Gasteiger partial charge on any atom is 0.256 e. The van der Waals surface area contributed by atoms with Crippen LogP contribution in [0, 0.1) is 17.6 Å². The van der Waals surface area contributed by atoms with Gasteiger partial charge in [0.25, 0.3) is 5.56 Å². The number of rotatable bonds is 2. The highest BCUT2D eigenvalue weighted by molar-refractivity contribution is 7.71. The molecule has 3 heterocycles. The van der Waals surface area contributed by atoms with Crippen LogP contribution in [0.4, 0.5) is 4.39 Å². The van der Waals surface area contributed by atoms with Gasteiger partial charge < -0.3 is 4.98 Å². The quantitative estimate of drug-likeness (QED) is 0.656. The maximum absolute atomic E-state index is 13.0. The molecule has 2 N–H and O–H groups in total. The molecular weight excluding hydrogens is 291 g/mol. The number of aryl methyl sites for hydroxylation is 1. The standard InChI is InChI=1S/C14H15FN4OS/c1-8-9(2-3-12(15)16-8)6-19-5-4-11-10(7-19)13(20)18-14(21)17-11/h2-3H,4-7H2,1H3,(H2,17,18,20,21). The minimum Gasteiger partial charge on any atom is -0.335 e. The molecule has 21 heavy (non-hydrogen) atoms. The van der Waals surface area contributed by atoms with Crippen LogP contribution in [0.5, 0.6) is 0 Å². The van der Waals surface area contributed by atoms with Crippen LogP contribution in [0.25, 0.3) is 0 Å². The third-order valence-corrected chi connectivity index (χ3v) is 3.95. The third kappa shape index (κ3) is 2.93. The van der Waals surface area contributed by atoms with Gasteiger partial charge in [-0.3, -0.25) is 14.7 Å². The molecule has 0 unspecified atom stereocenters. The van der Waals surface area contributed by atoms with Crippen molar-refractivity contribution < 1.29 is 4.39 Å². The second kappa shape index (κ2) is 5.50. The normalized spacial score (nSPS) is 15.0. The van der Waals surface area contributed by atoms with Gasteiger partial charge in [0.15, 0.2) is 4.77 Å². The molecular formula is C14H15FN4OS. The van der Waals surface area contributed by atoms with Crippen molar-refractivity contribution in [2.75, 3.05) is 6.54 Å². The lowest BCUT2D eigenvalue weighted by atomic mass is 10.1. The predicted molar refractivity (Wildman–Crippen MR) is 79.0 cm³/mol. The van der Waals surface area contributed by atoms with E-state index in [1.54, 1.807) is 13.0 Å². The molecule has 0 amide bonds. The van der Waals surface area contributed by atoms with Gasteiger partial charge in [0.05, 0.1) is 5.56 Å². The van der Waals surface area contributed by atoms with Crippen molar-refractivity contribution in [3.8, 4) is 0 Å². The Hall–Kier alpha value is -1.86. The molecule has 0 fully saturated rings. The number of halogens is 1. The number of aromatic nitrogens is 3. The van der Waals surface area contributed by atoms with E-state index in [1.165, 1.54) is 6.07 Å².